The number of hydrogen-bond donors (Lipinski definition) is 2. The molecule has 124 valence electrons. The summed E-state index contributed by atoms with van der Waals surface area (Å²) in [6, 6.07) is 12.7. The first kappa shape index (κ1) is 16.3. The maximum atomic E-state index is 12.3. The lowest BCUT2D eigenvalue weighted by Gasteiger charge is -2.12. The van der Waals surface area contributed by atoms with Gasteiger partial charge in [-0.2, -0.15) is 0 Å². The molecule has 24 heavy (non-hydrogen) atoms. The SMILES string of the molecule is CC(C)Oc1ccc(C(=O)NCc2nc3ccccc3[nH]2)cc1Cl. The van der Waals surface area contributed by atoms with E-state index >= 15 is 0 Å². The van der Waals surface area contributed by atoms with Crippen molar-refractivity contribution >= 4 is 28.5 Å². The Morgan fingerprint density at radius 3 is 2.79 bits per heavy atom. The molecule has 1 aromatic heterocycles. The minimum Gasteiger partial charge on any atom is -0.489 e. The predicted octanol–water partition coefficient (Wildman–Crippen LogP) is 3.93. The summed E-state index contributed by atoms with van der Waals surface area (Å²) in [4.78, 5) is 19.9. The molecule has 1 heterocycles. The number of nitrogens with one attached hydrogen (secondary N) is 2. The van der Waals surface area contributed by atoms with Crippen LogP contribution >= 0.6 is 11.6 Å². The van der Waals surface area contributed by atoms with Gasteiger partial charge >= 0.3 is 0 Å². The Hall–Kier alpha value is -2.53. The number of carbonyl (C=O) groups excluding carboxylic acids is 1. The van der Waals surface area contributed by atoms with Crippen molar-refractivity contribution in [1.29, 1.82) is 0 Å². The number of carbonyl (C=O) groups is 1. The number of H-pyrrole nitrogens is 1. The number of benzene rings is 2. The van der Waals surface area contributed by atoms with E-state index in [4.69, 9.17) is 16.3 Å². The van der Waals surface area contributed by atoms with Crippen molar-refractivity contribution in [3.63, 3.8) is 0 Å². The molecule has 2 aromatic carbocycles. The van der Waals surface area contributed by atoms with Gasteiger partial charge in [0.1, 0.15) is 11.6 Å². The molecule has 0 bridgehead atoms. The fraction of sp³-hybridized carbons (Fsp3) is 0.222. The summed E-state index contributed by atoms with van der Waals surface area (Å²) in [5, 5.41) is 3.25. The van der Waals surface area contributed by atoms with Gasteiger partial charge in [-0.05, 0) is 44.2 Å². The van der Waals surface area contributed by atoms with Gasteiger partial charge in [0.25, 0.3) is 5.91 Å². The highest BCUT2D eigenvalue weighted by atomic mass is 35.5. The van der Waals surface area contributed by atoms with E-state index in [0.29, 0.717) is 28.7 Å². The van der Waals surface area contributed by atoms with Gasteiger partial charge in [0.2, 0.25) is 0 Å². The molecule has 0 radical (unpaired) electrons. The molecule has 0 atom stereocenters. The van der Waals surface area contributed by atoms with Gasteiger partial charge in [0, 0.05) is 5.56 Å². The summed E-state index contributed by atoms with van der Waals surface area (Å²) in [6.45, 7) is 4.16. The summed E-state index contributed by atoms with van der Waals surface area (Å²) in [5.74, 6) is 1.06. The van der Waals surface area contributed by atoms with Gasteiger partial charge in [-0.25, -0.2) is 4.98 Å². The molecule has 0 saturated heterocycles. The number of ether oxygens (including phenoxy) is 1. The van der Waals surface area contributed by atoms with E-state index in [9.17, 15) is 4.79 Å². The Kier molecular flexibility index (Phi) is 4.71. The molecule has 0 aliphatic rings. The van der Waals surface area contributed by atoms with Crippen LogP contribution in [0.1, 0.15) is 30.0 Å². The van der Waals surface area contributed by atoms with Crippen LogP contribution in [0.4, 0.5) is 0 Å². The molecule has 0 saturated carbocycles. The van der Waals surface area contributed by atoms with E-state index in [1.807, 2.05) is 38.1 Å². The zero-order valence-corrected chi connectivity index (χ0v) is 14.2. The van der Waals surface area contributed by atoms with Crippen molar-refractivity contribution in [3.05, 3.63) is 58.9 Å². The Balaban J connectivity index is 1.67. The summed E-state index contributed by atoms with van der Waals surface area (Å²) < 4.78 is 5.56. The van der Waals surface area contributed by atoms with Crippen molar-refractivity contribution in [1.82, 2.24) is 15.3 Å². The van der Waals surface area contributed by atoms with E-state index in [1.165, 1.54) is 0 Å². The molecule has 0 aliphatic carbocycles. The predicted molar refractivity (Wildman–Crippen MR) is 94.5 cm³/mol. The smallest absolute Gasteiger partial charge is 0.251 e. The maximum Gasteiger partial charge on any atom is 0.251 e. The zero-order chi connectivity index (χ0) is 17.1. The van der Waals surface area contributed by atoms with E-state index in [0.717, 1.165) is 11.0 Å². The second kappa shape index (κ2) is 6.93. The van der Waals surface area contributed by atoms with Gasteiger partial charge < -0.3 is 15.0 Å². The molecule has 3 rings (SSSR count). The number of para-hydroxylation sites is 2. The van der Waals surface area contributed by atoms with Gasteiger partial charge in [0.15, 0.2) is 0 Å². The minimum atomic E-state index is -0.214. The van der Waals surface area contributed by atoms with Crippen molar-refractivity contribution in [2.45, 2.75) is 26.5 Å². The van der Waals surface area contributed by atoms with Crippen LogP contribution < -0.4 is 10.1 Å². The fourth-order valence-electron chi connectivity index (χ4n) is 2.35. The molecule has 3 aromatic rings. The second-order valence-electron chi connectivity index (χ2n) is 5.70. The highest BCUT2D eigenvalue weighted by Crippen LogP contribution is 2.26. The zero-order valence-electron chi connectivity index (χ0n) is 13.5. The first-order valence-corrected chi connectivity index (χ1v) is 8.09. The molecule has 0 unspecified atom stereocenters. The number of hydrogen-bond acceptors (Lipinski definition) is 3. The number of halogens is 1. The van der Waals surface area contributed by atoms with Crippen LogP contribution in [-0.4, -0.2) is 22.0 Å². The van der Waals surface area contributed by atoms with Crippen LogP contribution in [0, 0.1) is 0 Å². The summed E-state index contributed by atoms with van der Waals surface area (Å²) in [6.07, 6.45) is 0.0234. The van der Waals surface area contributed by atoms with Crippen LogP contribution in [0.2, 0.25) is 5.02 Å². The summed E-state index contributed by atoms with van der Waals surface area (Å²) >= 11 is 6.16. The average Bonchev–Trinajstić information content (AvgIpc) is 2.97. The molecular weight excluding hydrogens is 326 g/mol. The topological polar surface area (TPSA) is 67.0 Å². The maximum absolute atomic E-state index is 12.3. The number of imidazole rings is 1. The second-order valence-corrected chi connectivity index (χ2v) is 6.10. The Morgan fingerprint density at radius 2 is 2.08 bits per heavy atom. The standard InChI is InChI=1S/C18H18ClN3O2/c1-11(2)24-16-8-7-12(9-13(16)19)18(23)20-10-17-21-14-5-3-4-6-15(14)22-17/h3-9,11H,10H2,1-2H3,(H,20,23)(H,21,22). The van der Waals surface area contributed by atoms with Crippen LogP contribution in [0.5, 0.6) is 5.75 Å². The highest BCUT2D eigenvalue weighted by molar-refractivity contribution is 6.32. The van der Waals surface area contributed by atoms with Crippen molar-refractivity contribution in [2.24, 2.45) is 0 Å². The van der Waals surface area contributed by atoms with Gasteiger partial charge in [-0.3, -0.25) is 4.79 Å². The summed E-state index contributed by atoms with van der Waals surface area (Å²) in [7, 11) is 0. The van der Waals surface area contributed by atoms with E-state index < -0.39 is 0 Å². The quantitative estimate of drug-likeness (QED) is 0.737. The lowest BCUT2D eigenvalue weighted by molar-refractivity contribution is 0.0950. The Morgan fingerprint density at radius 1 is 1.29 bits per heavy atom. The Bertz CT molecular complexity index is 841. The minimum absolute atomic E-state index is 0.0234. The van der Waals surface area contributed by atoms with Gasteiger partial charge in [0.05, 0.1) is 28.7 Å². The molecule has 0 fully saturated rings. The van der Waals surface area contributed by atoms with E-state index in [2.05, 4.69) is 15.3 Å². The van der Waals surface area contributed by atoms with Crippen LogP contribution in [0.3, 0.4) is 0 Å². The average molecular weight is 344 g/mol. The fourth-order valence-corrected chi connectivity index (χ4v) is 2.57. The first-order chi connectivity index (χ1) is 11.5. The first-order valence-electron chi connectivity index (χ1n) is 7.71. The molecule has 1 amide bonds. The molecule has 0 spiro atoms. The van der Waals surface area contributed by atoms with Gasteiger partial charge in [-0.15, -0.1) is 0 Å². The normalized spacial score (nSPS) is 11.0. The number of amides is 1. The van der Waals surface area contributed by atoms with Crippen molar-refractivity contribution in [2.75, 3.05) is 0 Å². The molecule has 0 aliphatic heterocycles. The lowest BCUT2D eigenvalue weighted by atomic mass is 10.2. The summed E-state index contributed by atoms with van der Waals surface area (Å²) in [5.41, 5.74) is 2.30. The van der Waals surface area contributed by atoms with Gasteiger partial charge in [-0.1, -0.05) is 23.7 Å². The van der Waals surface area contributed by atoms with Crippen molar-refractivity contribution < 1.29 is 9.53 Å². The third kappa shape index (κ3) is 3.68. The number of fused-ring (bicyclic) bond motifs is 1. The highest BCUT2D eigenvalue weighted by Gasteiger charge is 2.11. The monoisotopic (exact) mass is 343 g/mol. The Labute approximate surface area is 145 Å². The lowest BCUT2D eigenvalue weighted by Crippen LogP contribution is -2.23. The molecule has 6 heteroatoms. The van der Waals surface area contributed by atoms with Crippen molar-refractivity contribution in [3.8, 4) is 5.75 Å². The van der Waals surface area contributed by atoms with E-state index in [1.54, 1.807) is 18.2 Å². The number of aromatic amines is 1. The molecular formula is C18H18ClN3O2. The molecule has 5 nitrogen and oxygen atoms in total. The third-order valence-corrected chi connectivity index (χ3v) is 3.71. The number of nitrogens with zero attached hydrogens (tertiary/aromatic N) is 1. The third-order valence-electron chi connectivity index (χ3n) is 3.41. The van der Waals surface area contributed by atoms with Crippen LogP contribution in [0.15, 0.2) is 42.5 Å². The van der Waals surface area contributed by atoms with Crippen LogP contribution in [0.25, 0.3) is 11.0 Å². The number of rotatable bonds is 5. The van der Waals surface area contributed by atoms with Crippen LogP contribution in [-0.2, 0) is 6.54 Å². The molecule has 2 N–H and O–H groups in total. The largest absolute Gasteiger partial charge is 0.489 e. The van der Waals surface area contributed by atoms with E-state index in [-0.39, 0.29) is 12.0 Å². The number of aromatic nitrogens is 2.